The molecule has 2 N–H and O–H groups in total. The van der Waals surface area contributed by atoms with Crippen molar-refractivity contribution >= 4 is 40.8 Å². The predicted octanol–water partition coefficient (Wildman–Crippen LogP) is 3.95. The Hall–Kier alpha value is -2.93. The molecule has 1 aromatic heterocycles. The van der Waals surface area contributed by atoms with E-state index in [1.807, 2.05) is 13.0 Å². The number of carbonyl (C=O) groups excluding carboxylic acids is 2. The van der Waals surface area contributed by atoms with E-state index in [0.717, 1.165) is 48.3 Å². The highest BCUT2D eigenvalue weighted by atomic mass is 35.5. The lowest BCUT2D eigenvalue weighted by atomic mass is 9.90. The number of halogens is 2. The molecule has 1 fully saturated rings. The van der Waals surface area contributed by atoms with Gasteiger partial charge in [0.25, 0.3) is 11.8 Å². The third kappa shape index (κ3) is 3.13. The predicted molar refractivity (Wildman–Crippen MR) is 115 cm³/mol. The zero-order valence-electron chi connectivity index (χ0n) is 16.5. The summed E-state index contributed by atoms with van der Waals surface area (Å²) < 4.78 is 13.4. The van der Waals surface area contributed by atoms with Crippen molar-refractivity contribution < 1.29 is 14.0 Å². The number of hydrogen-bond acceptors (Lipinski definition) is 4. The van der Waals surface area contributed by atoms with Crippen LogP contribution in [-0.2, 0) is 6.42 Å². The van der Waals surface area contributed by atoms with Gasteiger partial charge >= 0.3 is 0 Å². The zero-order chi connectivity index (χ0) is 20.1. The third-order valence-corrected chi connectivity index (χ3v) is 6.13. The summed E-state index contributed by atoms with van der Waals surface area (Å²) in [5.41, 5.74) is 4.69. The first kappa shape index (κ1) is 20.3. The Morgan fingerprint density at radius 1 is 1.13 bits per heavy atom. The topological polar surface area (TPSA) is 78.1 Å². The van der Waals surface area contributed by atoms with Gasteiger partial charge in [-0.15, -0.1) is 12.4 Å². The summed E-state index contributed by atoms with van der Waals surface area (Å²) in [6.07, 6.45) is 2.55. The first-order chi connectivity index (χ1) is 14.1. The maximum absolute atomic E-state index is 13.4. The standard InChI is InChI=1S/C22H21FN4O2.ClH/c1-2-14-18(6-5-16-19(14)22(29)24-21(16)28)27-9-7-12(8-10-27)20-15-4-3-13(23)11-17(15)25-26-20;/h3-6,11-12H,2,7-10H2,1H3,(H,25,26)(H,24,28,29);1H. The molecule has 156 valence electrons. The summed E-state index contributed by atoms with van der Waals surface area (Å²) >= 11 is 0. The van der Waals surface area contributed by atoms with E-state index in [0.29, 0.717) is 29.0 Å². The Bertz CT molecular complexity index is 1150. The van der Waals surface area contributed by atoms with Gasteiger partial charge in [-0.3, -0.25) is 20.0 Å². The lowest BCUT2D eigenvalue weighted by molar-refractivity contribution is 0.0879. The molecule has 1 saturated heterocycles. The number of piperidine rings is 1. The molecule has 5 rings (SSSR count). The highest BCUT2D eigenvalue weighted by Crippen LogP contribution is 2.36. The number of fused-ring (bicyclic) bond motifs is 2. The second kappa shape index (κ2) is 7.72. The monoisotopic (exact) mass is 428 g/mol. The molecule has 2 amide bonds. The molecule has 0 atom stereocenters. The van der Waals surface area contributed by atoms with Crippen molar-refractivity contribution in [3.63, 3.8) is 0 Å². The SMILES string of the molecule is CCc1c(N2CCC(c3[nH]nc4cc(F)ccc34)CC2)ccc2c1C(=O)NC2=O.Cl. The van der Waals surface area contributed by atoms with Crippen molar-refractivity contribution in [2.24, 2.45) is 0 Å². The van der Waals surface area contributed by atoms with Crippen LogP contribution in [0.5, 0.6) is 0 Å². The molecule has 0 saturated carbocycles. The number of carbonyl (C=O) groups is 2. The molecule has 6 nitrogen and oxygen atoms in total. The van der Waals surface area contributed by atoms with E-state index in [-0.39, 0.29) is 30.0 Å². The summed E-state index contributed by atoms with van der Waals surface area (Å²) in [7, 11) is 0. The number of H-pyrrole nitrogens is 1. The Morgan fingerprint density at radius 3 is 2.63 bits per heavy atom. The quantitative estimate of drug-likeness (QED) is 0.619. The molecule has 0 aliphatic carbocycles. The normalized spacial score (nSPS) is 16.5. The van der Waals surface area contributed by atoms with Gasteiger partial charge in [0.1, 0.15) is 5.82 Å². The molecule has 0 unspecified atom stereocenters. The fourth-order valence-electron chi connectivity index (χ4n) is 4.70. The highest BCUT2D eigenvalue weighted by molar-refractivity contribution is 6.22. The average Bonchev–Trinajstić information content (AvgIpc) is 3.27. The Balaban J connectivity index is 0.00000218. The number of amides is 2. The van der Waals surface area contributed by atoms with Crippen molar-refractivity contribution in [3.8, 4) is 0 Å². The maximum Gasteiger partial charge on any atom is 0.259 e. The molecule has 2 aliphatic rings. The van der Waals surface area contributed by atoms with Crippen LogP contribution in [0, 0.1) is 5.82 Å². The number of aromatic amines is 1. The Morgan fingerprint density at radius 2 is 1.90 bits per heavy atom. The third-order valence-electron chi connectivity index (χ3n) is 6.13. The fraction of sp³-hybridized carbons (Fsp3) is 0.318. The summed E-state index contributed by atoms with van der Waals surface area (Å²) in [5, 5.41) is 10.7. The van der Waals surface area contributed by atoms with Crippen LogP contribution in [0.4, 0.5) is 10.1 Å². The molecule has 8 heteroatoms. The molecular weight excluding hydrogens is 407 g/mol. The van der Waals surface area contributed by atoms with Crippen molar-refractivity contribution in [2.75, 3.05) is 18.0 Å². The number of imide groups is 1. The van der Waals surface area contributed by atoms with Gasteiger partial charge in [-0.05, 0) is 49.1 Å². The summed E-state index contributed by atoms with van der Waals surface area (Å²) in [6.45, 7) is 3.69. The molecule has 2 aliphatic heterocycles. The van der Waals surface area contributed by atoms with Crippen molar-refractivity contribution in [3.05, 3.63) is 58.5 Å². The minimum atomic E-state index is -0.312. The van der Waals surface area contributed by atoms with Crippen molar-refractivity contribution in [2.45, 2.75) is 32.1 Å². The van der Waals surface area contributed by atoms with Gasteiger partial charge in [-0.2, -0.15) is 5.10 Å². The van der Waals surface area contributed by atoms with Gasteiger partial charge in [-0.1, -0.05) is 6.92 Å². The smallest absolute Gasteiger partial charge is 0.259 e. The van der Waals surface area contributed by atoms with Crippen molar-refractivity contribution in [1.29, 1.82) is 0 Å². The van der Waals surface area contributed by atoms with Crippen LogP contribution in [0.3, 0.4) is 0 Å². The molecule has 2 aromatic carbocycles. The van der Waals surface area contributed by atoms with Gasteiger partial charge in [0.05, 0.1) is 16.6 Å². The Labute approximate surface area is 179 Å². The molecule has 3 heterocycles. The number of nitrogens with zero attached hydrogens (tertiary/aromatic N) is 2. The zero-order valence-corrected chi connectivity index (χ0v) is 17.3. The summed E-state index contributed by atoms with van der Waals surface area (Å²) in [6, 6.07) is 8.44. The van der Waals surface area contributed by atoms with Gasteiger partial charge in [-0.25, -0.2) is 4.39 Å². The van der Waals surface area contributed by atoms with E-state index in [4.69, 9.17) is 0 Å². The van der Waals surface area contributed by atoms with Gasteiger partial charge in [0.15, 0.2) is 0 Å². The fourth-order valence-corrected chi connectivity index (χ4v) is 4.70. The molecular formula is C22H22ClFN4O2. The Kier molecular flexibility index (Phi) is 5.24. The second-order valence-corrected chi connectivity index (χ2v) is 7.68. The molecule has 30 heavy (non-hydrogen) atoms. The molecule has 0 bridgehead atoms. The number of aromatic nitrogens is 2. The van der Waals surface area contributed by atoms with E-state index in [2.05, 4.69) is 20.4 Å². The lowest BCUT2D eigenvalue weighted by Crippen LogP contribution is -2.34. The molecule has 0 spiro atoms. The van der Waals surface area contributed by atoms with Crippen LogP contribution in [0.25, 0.3) is 10.9 Å². The van der Waals surface area contributed by atoms with E-state index >= 15 is 0 Å². The number of anilines is 1. The number of hydrogen-bond donors (Lipinski definition) is 2. The second-order valence-electron chi connectivity index (χ2n) is 7.68. The van der Waals surface area contributed by atoms with Crippen LogP contribution in [0.1, 0.15) is 57.7 Å². The molecule has 3 aromatic rings. The van der Waals surface area contributed by atoms with Crippen LogP contribution < -0.4 is 10.2 Å². The number of rotatable bonds is 3. The number of nitrogens with one attached hydrogen (secondary N) is 2. The first-order valence-corrected chi connectivity index (χ1v) is 9.97. The van der Waals surface area contributed by atoms with Crippen LogP contribution in [0.15, 0.2) is 30.3 Å². The number of benzene rings is 2. The van der Waals surface area contributed by atoms with Crippen molar-refractivity contribution in [1.82, 2.24) is 15.5 Å². The maximum atomic E-state index is 13.4. The first-order valence-electron chi connectivity index (χ1n) is 9.97. The van der Waals surface area contributed by atoms with Crippen LogP contribution in [-0.4, -0.2) is 35.1 Å². The van der Waals surface area contributed by atoms with E-state index in [1.54, 1.807) is 12.1 Å². The summed E-state index contributed by atoms with van der Waals surface area (Å²) in [5.74, 6) is -0.565. The highest BCUT2D eigenvalue weighted by Gasteiger charge is 2.32. The van der Waals surface area contributed by atoms with Crippen LogP contribution in [0.2, 0.25) is 0 Å². The average molecular weight is 429 g/mol. The van der Waals surface area contributed by atoms with E-state index in [1.165, 1.54) is 12.1 Å². The lowest BCUT2D eigenvalue weighted by Gasteiger charge is -2.35. The van der Waals surface area contributed by atoms with Gasteiger partial charge < -0.3 is 4.90 Å². The van der Waals surface area contributed by atoms with Gasteiger partial charge in [0.2, 0.25) is 0 Å². The van der Waals surface area contributed by atoms with E-state index in [9.17, 15) is 14.0 Å². The summed E-state index contributed by atoms with van der Waals surface area (Å²) in [4.78, 5) is 26.5. The van der Waals surface area contributed by atoms with Crippen LogP contribution >= 0.6 is 12.4 Å². The van der Waals surface area contributed by atoms with Gasteiger partial charge in [0, 0.05) is 41.8 Å². The largest absolute Gasteiger partial charge is 0.371 e. The minimum Gasteiger partial charge on any atom is -0.371 e. The minimum absolute atomic E-state index is 0. The van der Waals surface area contributed by atoms with E-state index < -0.39 is 0 Å². The molecule has 0 radical (unpaired) electrons.